The number of carbonyl (C=O) groups excluding carboxylic acids is 1. The first-order valence-corrected chi connectivity index (χ1v) is 8.74. The van der Waals surface area contributed by atoms with E-state index in [0.717, 1.165) is 10.0 Å². The Labute approximate surface area is 155 Å². The average Bonchev–Trinajstić information content (AvgIpc) is 2.67. The van der Waals surface area contributed by atoms with Gasteiger partial charge in [0.15, 0.2) is 5.78 Å². The Bertz CT molecular complexity index is 869. The van der Waals surface area contributed by atoms with E-state index in [1.807, 2.05) is 72.8 Å². The molecule has 3 aromatic rings. The Morgan fingerprint density at radius 1 is 0.840 bits per heavy atom. The zero-order valence-corrected chi connectivity index (χ0v) is 15.1. The van der Waals surface area contributed by atoms with Gasteiger partial charge in [-0.2, -0.15) is 0 Å². The molecule has 0 aliphatic heterocycles. The number of rotatable bonds is 5. The van der Waals surface area contributed by atoms with E-state index in [-0.39, 0.29) is 5.78 Å². The lowest BCUT2D eigenvalue weighted by atomic mass is 9.92. The van der Waals surface area contributed by atoms with E-state index in [1.54, 1.807) is 18.2 Å². The number of Topliss-reactive ketones (excluding diaryl/α,β-unsaturated/α-hetero) is 1. The van der Waals surface area contributed by atoms with Gasteiger partial charge >= 0.3 is 0 Å². The molecule has 0 radical (unpaired) electrons. The first-order valence-electron chi connectivity index (χ1n) is 7.95. The third-order valence-corrected chi connectivity index (χ3v) is 4.43. The lowest BCUT2D eigenvalue weighted by Gasteiger charge is -2.15. The highest BCUT2D eigenvalue weighted by atomic mass is 79.9. The smallest absolute Gasteiger partial charge is 0.191 e. The van der Waals surface area contributed by atoms with Crippen molar-refractivity contribution in [2.24, 2.45) is 0 Å². The molecule has 2 nitrogen and oxygen atoms in total. The van der Waals surface area contributed by atoms with Crippen LogP contribution in [-0.4, -0.2) is 10.9 Å². The molecule has 0 aliphatic rings. The van der Waals surface area contributed by atoms with Crippen molar-refractivity contribution in [3.63, 3.8) is 0 Å². The van der Waals surface area contributed by atoms with E-state index >= 15 is 0 Å². The summed E-state index contributed by atoms with van der Waals surface area (Å²) in [5.74, 6) is -0.181. The largest absolute Gasteiger partial charge is 0.384 e. The summed E-state index contributed by atoms with van der Waals surface area (Å²) in [6, 6.07) is 25.9. The Balaban J connectivity index is 2.04. The Morgan fingerprint density at radius 2 is 1.40 bits per heavy atom. The van der Waals surface area contributed by atoms with Gasteiger partial charge in [-0.3, -0.25) is 4.79 Å². The molecule has 3 heteroatoms. The molecule has 1 N–H and O–H groups in total. The molecule has 124 valence electrons. The molecule has 0 saturated carbocycles. The van der Waals surface area contributed by atoms with Gasteiger partial charge in [0.05, 0.1) is 0 Å². The maximum Gasteiger partial charge on any atom is 0.191 e. The van der Waals surface area contributed by atoms with Crippen LogP contribution in [0.5, 0.6) is 0 Å². The van der Waals surface area contributed by atoms with E-state index in [2.05, 4.69) is 15.9 Å². The minimum Gasteiger partial charge on any atom is -0.384 e. The van der Waals surface area contributed by atoms with E-state index in [0.29, 0.717) is 16.7 Å². The van der Waals surface area contributed by atoms with Crippen LogP contribution in [0, 0.1) is 0 Å². The SMILES string of the molecule is O=C(/C(=C/c1ccccc1)C(O)c1ccc(Br)cc1)c1ccccc1. The normalized spacial score (nSPS) is 12.6. The predicted molar refractivity (Wildman–Crippen MR) is 104 cm³/mol. The van der Waals surface area contributed by atoms with Gasteiger partial charge in [-0.05, 0) is 29.3 Å². The lowest BCUT2D eigenvalue weighted by molar-refractivity contribution is 0.0989. The number of benzene rings is 3. The molecule has 25 heavy (non-hydrogen) atoms. The van der Waals surface area contributed by atoms with Gasteiger partial charge in [0.2, 0.25) is 0 Å². The zero-order chi connectivity index (χ0) is 17.6. The second-order valence-electron chi connectivity index (χ2n) is 5.66. The fourth-order valence-electron chi connectivity index (χ4n) is 2.58. The van der Waals surface area contributed by atoms with Crippen molar-refractivity contribution in [2.45, 2.75) is 6.10 Å². The van der Waals surface area contributed by atoms with Crippen LogP contribution in [0.2, 0.25) is 0 Å². The first kappa shape index (κ1) is 17.3. The summed E-state index contributed by atoms with van der Waals surface area (Å²) in [6.45, 7) is 0. The van der Waals surface area contributed by atoms with E-state index < -0.39 is 6.10 Å². The van der Waals surface area contributed by atoms with Gasteiger partial charge in [0, 0.05) is 15.6 Å². The highest BCUT2D eigenvalue weighted by Gasteiger charge is 2.21. The van der Waals surface area contributed by atoms with Crippen LogP contribution in [-0.2, 0) is 0 Å². The number of carbonyl (C=O) groups is 1. The molecule has 0 amide bonds. The van der Waals surface area contributed by atoms with Crippen LogP contribution >= 0.6 is 15.9 Å². The van der Waals surface area contributed by atoms with Crippen molar-refractivity contribution < 1.29 is 9.90 Å². The molecule has 0 bridgehead atoms. The standard InChI is InChI=1S/C22H17BrO2/c23-19-13-11-18(12-14-19)22(25)20(15-16-7-3-1-4-8-16)21(24)17-9-5-2-6-10-17/h1-15,22,25H/b20-15-. The van der Waals surface area contributed by atoms with Crippen LogP contribution in [0.15, 0.2) is 95.0 Å². The summed E-state index contributed by atoms with van der Waals surface area (Å²) in [6.07, 6.45) is 0.753. The molecule has 0 aromatic heterocycles. The molecular formula is C22H17BrO2. The van der Waals surface area contributed by atoms with E-state index in [1.165, 1.54) is 0 Å². The summed E-state index contributed by atoms with van der Waals surface area (Å²) in [5, 5.41) is 10.9. The number of hydrogen-bond acceptors (Lipinski definition) is 2. The molecule has 0 fully saturated rings. The van der Waals surface area contributed by atoms with Crippen LogP contribution in [0.1, 0.15) is 27.6 Å². The van der Waals surface area contributed by atoms with Crippen molar-refractivity contribution in [1.29, 1.82) is 0 Å². The van der Waals surface area contributed by atoms with E-state index in [9.17, 15) is 9.90 Å². The molecule has 0 spiro atoms. The van der Waals surface area contributed by atoms with Crippen LogP contribution in [0.3, 0.4) is 0 Å². The molecule has 0 heterocycles. The highest BCUT2D eigenvalue weighted by molar-refractivity contribution is 9.10. The van der Waals surface area contributed by atoms with Gasteiger partial charge in [-0.15, -0.1) is 0 Å². The van der Waals surface area contributed by atoms with Crippen LogP contribution in [0.4, 0.5) is 0 Å². The van der Waals surface area contributed by atoms with Crippen molar-refractivity contribution in [3.05, 3.63) is 112 Å². The van der Waals surface area contributed by atoms with Gasteiger partial charge in [0.1, 0.15) is 6.10 Å². The summed E-state index contributed by atoms with van der Waals surface area (Å²) in [7, 11) is 0. The minimum absolute atomic E-state index is 0.181. The number of ketones is 1. The molecule has 0 saturated heterocycles. The zero-order valence-electron chi connectivity index (χ0n) is 13.5. The maximum absolute atomic E-state index is 13.0. The maximum atomic E-state index is 13.0. The van der Waals surface area contributed by atoms with Gasteiger partial charge in [-0.25, -0.2) is 0 Å². The third-order valence-electron chi connectivity index (χ3n) is 3.90. The van der Waals surface area contributed by atoms with Crippen molar-refractivity contribution in [1.82, 2.24) is 0 Å². The van der Waals surface area contributed by atoms with Gasteiger partial charge < -0.3 is 5.11 Å². The van der Waals surface area contributed by atoms with Gasteiger partial charge in [-0.1, -0.05) is 88.7 Å². The molecule has 3 aromatic carbocycles. The Hall–Kier alpha value is -2.49. The average molecular weight is 393 g/mol. The number of aliphatic hydroxyl groups excluding tert-OH is 1. The van der Waals surface area contributed by atoms with Crippen molar-refractivity contribution in [2.75, 3.05) is 0 Å². The molecule has 0 aliphatic carbocycles. The highest BCUT2D eigenvalue weighted by Crippen LogP contribution is 2.28. The first-order chi connectivity index (χ1) is 12.1. The van der Waals surface area contributed by atoms with Crippen LogP contribution < -0.4 is 0 Å². The van der Waals surface area contributed by atoms with Gasteiger partial charge in [0.25, 0.3) is 0 Å². The van der Waals surface area contributed by atoms with Crippen molar-refractivity contribution >= 4 is 27.8 Å². The fourth-order valence-corrected chi connectivity index (χ4v) is 2.84. The summed E-state index contributed by atoms with van der Waals surface area (Å²) < 4.78 is 0.923. The predicted octanol–water partition coefficient (Wildman–Crippen LogP) is 5.45. The second kappa shape index (κ2) is 8.06. The summed E-state index contributed by atoms with van der Waals surface area (Å²) in [4.78, 5) is 13.0. The number of halogens is 1. The topological polar surface area (TPSA) is 37.3 Å². The minimum atomic E-state index is -0.999. The van der Waals surface area contributed by atoms with E-state index in [4.69, 9.17) is 0 Å². The summed E-state index contributed by atoms with van der Waals surface area (Å²) in [5.41, 5.74) is 2.45. The quantitative estimate of drug-likeness (QED) is 0.462. The third kappa shape index (κ3) is 4.32. The second-order valence-corrected chi connectivity index (χ2v) is 6.58. The monoisotopic (exact) mass is 392 g/mol. The molecular weight excluding hydrogens is 376 g/mol. The number of aliphatic hydroxyl groups is 1. The number of hydrogen-bond donors (Lipinski definition) is 1. The summed E-state index contributed by atoms with van der Waals surface area (Å²) >= 11 is 3.39. The van der Waals surface area contributed by atoms with Crippen molar-refractivity contribution in [3.8, 4) is 0 Å². The molecule has 1 unspecified atom stereocenters. The molecule has 1 atom stereocenters. The molecule has 3 rings (SSSR count). The van der Waals surface area contributed by atoms with Crippen LogP contribution in [0.25, 0.3) is 6.08 Å². The lowest BCUT2D eigenvalue weighted by Crippen LogP contribution is -2.12. The Kier molecular flexibility index (Phi) is 5.59. The fraction of sp³-hybridized carbons (Fsp3) is 0.0455. The Morgan fingerprint density at radius 3 is 2.00 bits per heavy atom.